The lowest BCUT2D eigenvalue weighted by Gasteiger charge is -2.06. The predicted molar refractivity (Wildman–Crippen MR) is 59.2 cm³/mol. The summed E-state index contributed by atoms with van der Waals surface area (Å²) in [6.07, 6.45) is -0.946. The van der Waals surface area contributed by atoms with Crippen LogP contribution in [0.15, 0.2) is 30.3 Å². The third kappa shape index (κ3) is 4.31. The maximum Gasteiger partial charge on any atom is 0.420 e. The van der Waals surface area contributed by atoms with E-state index in [2.05, 4.69) is 4.74 Å². The molecule has 0 spiro atoms. The van der Waals surface area contributed by atoms with E-state index < -0.39 is 16.1 Å². The number of carbonyl (C=O) groups excluding carboxylic acids is 1. The number of sulfonamides is 1. The third-order valence-corrected chi connectivity index (χ3v) is 2.90. The molecule has 0 radical (unpaired) electrons. The van der Waals surface area contributed by atoms with Crippen LogP contribution < -0.4 is 4.72 Å². The molecule has 0 aliphatic carbocycles. The molecule has 0 saturated heterocycles. The lowest BCUT2D eigenvalue weighted by atomic mass is 10.2. The van der Waals surface area contributed by atoms with Gasteiger partial charge in [0.05, 0.1) is 12.4 Å². The van der Waals surface area contributed by atoms with Crippen molar-refractivity contribution in [3.05, 3.63) is 35.9 Å². The molecule has 0 bridgehead atoms. The molecule has 5 nitrogen and oxygen atoms in total. The average molecular weight is 243 g/mol. The molecular formula is C10H13NO4S. The Balaban J connectivity index is 2.63. The van der Waals surface area contributed by atoms with E-state index in [0.29, 0.717) is 5.56 Å². The fourth-order valence-electron chi connectivity index (χ4n) is 1.12. The number of nitrogens with one attached hydrogen (secondary N) is 1. The van der Waals surface area contributed by atoms with Crippen LogP contribution in [-0.2, 0) is 20.5 Å². The SMILES string of the molecule is CCOC(=O)NS(=O)(=O)Cc1ccccc1. The topological polar surface area (TPSA) is 72.5 Å². The molecule has 1 aromatic carbocycles. The Morgan fingerprint density at radius 2 is 1.94 bits per heavy atom. The molecule has 0 aliphatic heterocycles. The van der Waals surface area contributed by atoms with Crippen LogP contribution in [0.25, 0.3) is 0 Å². The molecule has 1 rings (SSSR count). The van der Waals surface area contributed by atoms with Crippen LogP contribution in [0, 0.1) is 0 Å². The van der Waals surface area contributed by atoms with E-state index in [1.807, 2.05) is 4.72 Å². The summed E-state index contributed by atoms with van der Waals surface area (Å²) in [5.74, 6) is -0.243. The summed E-state index contributed by atoms with van der Waals surface area (Å²) in [6, 6.07) is 8.59. The largest absolute Gasteiger partial charge is 0.449 e. The Morgan fingerprint density at radius 1 is 1.31 bits per heavy atom. The Labute approximate surface area is 94.5 Å². The summed E-state index contributed by atoms with van der Waals surface area (Å²) in [5.41, 5.74) is 0.610. The van der Waals surface area contributed by atoms with E-state index in [0.717, 1.165) is 0 Å². The van der Waals surface area contributed by atoms with Gasteiger partial charge in [-0.25, -0.2) is 17.9 Å². The maximum absolute atomic E-state index is 11.5. The number of hydrogen-bond donors (Lipinski definition) is 1. The van der Waals surface area contributed by atoms with Gasteiger partial charge in [0.25, 0.3) is 0 Å². The molecule has 0 saturated carbocycles. The average Bonchev–Trinajstić information content (AvgIpc) is 2.17. The van der Waals surface area contributed by atoms with Gasteiger partial charge in [-0.3, -0.25) is 0 Å². The van der Waals surface area contributed by atoms with Gasteiger partial charge in [-0.05, 0) is 12.5 Å². The molecule has 0 fully saturated rings. The molecule has 0 unspecified atom stereocenters. The van der Waals surface area contributed by atoms with Crippen molar-refractivity contribution in [2.75, 3.05) is 6.61 Å². The summed E-state index contributed by atoms with van der Waals surface area (Å²) in [4.78, 5) is 10.9. The monoisotopic (exact) mass is 243 g/mol. The molecule has 1 N–H and O–H groups in total. The number of amides is 1. The number of benzene rings is 1. The lowest BCUT2D eigenvalue weighted by Crippen LogP contribution is -2.32. The predicted octanol–water partition coefficient (Wildman–Crippen LogP) is 1.26. The van der Waals surface area contributed by atoms with Crippen LogP contribution in [0.1, 0.15) is 12.5 Å². The highest BCUT2D eigenvalue weighted by molar-refractivity contribution is 7.89. The van der Waals surface area contributed by atoms with Gasteiger partial charge >= 0.3 is 6.09 Å². The number of ether oxygens (including phenoxy) is 1. The normalized spacial score (nSPS) is 10.8. The van der Waals surface area contributed by atoms with Gasteiger partial charge in [0.15, 0.2) is 0 Å². The quantitative estimate of drug-likeness (QED) is 0.864. The van der Waals surface area contributed by atoms with Crippen LogP contribution in [0.4, 0.5) is 4.79 Å². The van der Waals surface area contributed by atoms with Crippen molar-refractivity contribution in [2.45, 2.75) is 12.7 Å². The Morgan fingerprint density at radius 3 is 2.50 bits per heavy atom. The smallest absolute Gasteiger partial charge is 0.420 e. The molecule has 0 heterocycles. The highest BCUT2D eigenvalue weighted by atomic mass is 32.2. The van der Waals surface area contributed by atoms with Crippen molar-refractivity contribution in [1.82, 2.24) is 4.72 Å². The van der Waals surface area contributed by atoms with Crippen molar-refractivity contribution in [3.8, 4) is 0 Å². The summed E-state index contributed by atoms with van der Waals surface area (Å²) < 4.78 is 29.2. The van der Waals surface area contributed by atoms with E-state index >= 15 is 0 Å². The molecular weight excluding hydrogens is 230 g/mol. The number of hydrogen-bond acceptors (Lipinski definition) is 4. The summed E-state index contributed by atoms with van der Waals surface area (Å²) in [7, 11) is -3.68. The van der Waals surface area contributed by atoms with E-state index in [-0.39, 0.29) is 12.4 Å². The molecule has 0 aliphatic rings. The van der Waals surface area contributed by atoms with Crippen LogP contribution in [-0.4, -0.2) is 21.1 Å². The van der Waals surface area contributed by atoms with E-state index in [1.54, 1.807) is 37.3 Å². The van der Waals surface area contributed by atoms with Crippen molar-refractivity contribution in [2.24, 2.45) is 0 Å². The first kappa shape index (κ1) is 12.5. The van der Waals surface area contributed by atoms with Crippen LogP contribution >= 0.6 is 0 Å². The zero-order valence-electron chi connectivity index (χ0n) is 8.84. The van der Waals surface area contributed by atoms with Crippen molar-refractivity contribution in [1.29, 1.82) is 0 Å². The molecule has 6 heteroatoms. The molecule has 16 heavy (non-hydrogen) atoms. The van der Waals surface area contributed by atoms with E-state index in [1.165, 1.54) is 0 Å². The van der Waals surface area contributed by atoms with E-state index in [9.17, 15) is 13.2 Å². The fraction of sp³-hybridized carbons (Fsp3) is 0.300. The van der Waals surface area contributed by atoms with Gasteiger partial charge < -0.3 is 4.74 Å². The third-order valence-electron chi connectivity index (χ3n) is 1.71. The van der Waals surface area contributed by atoms with Crippen LogP contribution in [0.3, 0.4) is 0 Å². The molecule has 1 aromatic rings. The molecule has 1 amide bonds. The summed E-state index contributed by atoms with van der Waals surface area (Å²) in [6.45, 7) is 1.73. The standard InChI is InChI=1S/C10H13NO4S/c1-2-15-10(12)11-16(13,14)8-9-6-4-3-5-7-9/h3-7H,2,8H2,1H3,(H,11,12). The van der Waals surface area contributed by atoms with E-state index in [4.69, 9.17) is 0 Å². The van der Waals surface area contributed by atoms with Crippen LogP contribution in [0.5, 0.6) is 0 Å². The highest BCUT2D eigenvalue weighted by Gasteiger charge is 2.15. The van der Waals surface area contributed by atoms with Gasteiger partial charge in [-0.15, -0.1) is 0 Å². The maximum atomic E-state index is 11.5. The minimum Gasteiger partial charge on any atom is -0.449 e. The van der Waals surface area contributed by atoms with Gasteiger partial charge in [0.2, 0.25) is 10.0 Å². The van der Waals surface area contributed by atoms with Gasteiger partial charge in [0.1, 0.15) is 0 Å². The van der Waals surface area contributed by atoms with Crippen molar-refractivity contribution >= 4 is 16.1 Å². The zero-order chi connectivity index (χ0) is 12.0. The first-order chi connectivity index (χ1) is 7.53. The van der Waals surface area contributed by atoms with Crippen molar-refractivity contribution < 1.29 is 17.9 Å². The summed E-state index contributed by atoms with van der Waals surface area (Å²) in [5, 5.41) is 0. The minimum absolute atomic E-state index is 0.132. The number of carbonyl (C=O) groups is 1. The number of rotatable bonds is 4. The highest BCUT2D eigenvalue weighted by Crippen LogP contribution is 2.03. The summed E-state index contributed by atoms with van der Waals surface area (Å²) >= 11 is 0. The Bertz CT molecular complexity index is 441. The molecule has 0 atom stereocenters. The van der Waals surface area contributed by atoms with Gasteiger partial charge in [-0.1, -0.05) is 30.3 Å². The van der Waals surface area contributed by atoms with Crippen molar-refractivity contribution in [3.63, 3.8) is 0 Å². The first-order valence-electron chi connectivity index (χ1n) is 4.74. The molecule has 0 aromatic heterocycles. The Hall–Kier alpha value is -1.56. The molecule has 88 valence electrons. The first-order valence-corrected chi connectivity index (χ1v) is 6.40. The minimum atomic E-state index is -3.68. The second kappa shape index (κ2) is 5.50. The Kier molecular flexibility index (Phi) is 4.30. The second-order valence-electron chi connectivity index (χ2n) is 3.07. The zero-order valence-corrected chi connectivity index (χ0v) is 9.66. The second-order valence-corrected chi connectivity index (χ2v) is 4.79. The fourth-order valence-corrected chi connectivity index (χ4v) is 2.13. The van der Waals surface area contributed by atoms with Crippen LogP contribution in [0.2, 0.25) is 0 Å². The van der Waals surface area contributed by atoms with Gasteiger partial charge in [-0.2, -0.15) is 0 Å². The lowest BCUT2D eigenvalue weighted by molar-refractivity contribution is 0.158. The van der Waals surface area contributed by atoms with Gasteiger partial charge in [0, 0.05) is 0 Å².